The van der Waals surface area contributed by atoms with Crippen molar-refractivity contribution in [2.45, 2.75) is 25.7 Å². The first-order valence-corrected chi connectivity index (χ1v) is 7.51. The van der Waals surface area contributed by atoms with E-state index in [9.17, 15) is 4.79 Å². The third-order valence-electron chi connectivity index (χ3n) is 4.58. The zero-order valence-corrected chi connectivity index (χ0v) is 11.7. The number of benzene rings is 2. The summed E-state index contributed by atoms with van der Waals surface area (Å²) in [5.41, 5.74) is 6.57. The molecule has 1 saturated carbocycles. The zero-order chi connectivity index (χ0) is 13.9. The molecule has 20 heavy (non-hydrogen) atoms. The minimum atomic E-state index is 0.193. The maximum absolute atomic E-state index is 12.6. The largest absolute Gasteiger partial charge is 0.330 e. The van der Waals surface area contributed by atoms with Crippen molar-refractivity contribution in [3.63, 3.8) is 0 Å². The molecule has 1 fully saturated rings. The Labute approximate surface area is 120 Å². The first kappa shape index (κ1) is 13.3. The summed E-state index contributed by atoms with van der Waals surface area (Å²) >= 11 is 0. The van der Waals surface area contributed by atoms with Crippen molar-refractivity contribution in [2.75, 3.05) is 6.54 Å². The van der Waals surface area contributed by atoms with Crippen LogP contribution in [0.1, 0.15) is 36.0 Å². The summed E-state index contributed by atoms with van der Waals surface area (Å²) in [6, 6.07) is 14.2. The predicted octanol–water partition coefficient (Wildman–Crippen LogP) is 3.79. The third-order valence-corrected chi connectivity index (χ3v) is 4.58. The molecule has 0 radical (unpaired) electrons. The van der Waals surface area contributed by atoms with E-state index in [1.807, 2.05) is 30.3 Å². The molecule has 3 rings (SSSR count). The van der Waals surface area contributed by atoms with Crippen molar-refractivity contribution in [3.05, 3.63) is 48.0 Å². The van der Waals surface area contributed by atoms with Gasteiger partial charge >= 0.3 is 0 Å². The molecule has 0 saturated heterocycles. The molecule has 0 atom stereocenters. The van der Waals surface area contributed by atoms with Gasteiger partial charge in [0.2, 0.25) is 0 Å². The molecule has 2 N–H and O–H groups in total. The first-order valence-electron chi connectivity index (χ1n) is 7.51. The molecule has 2 aromatic rings. The van der Waals surface area contributed by atoms with E-state index in [1.165, 1.54) is 5.39 Å². The van der Waals surface area contributed by atoms with Crippen LogP contribution >= 0.6 is 0 Å². The van der Waals surface area contributed by atoms with Gasteiger partial charge in [-0.05, 0) is 55.0 Å². The van der Waals surface area contributed by atoms with E-state index >= 15 is 0 Å². The van der Waals surface area contributed by atoms with Gasteiger partial charge in [-0.2, -0.15) is 0 Å². The van der Waals surface area contributed by atoms with Gasteiger partial charge in [0.1, 0.15) is 0 Å². The number of ketones is 1. The van der Waals surface area contributed by atoms with Crippen molar-refractivity contribution in [1.82, 2.24) is 0 Å². The number of rotatable bonds is 3. The van der Waals surface area contributed by atoms with E-state index in [4.69, 9.17) is 5.73 Å². The lowest BCUT2D eigenvalue weighted by Crippen LogP contribution is -2.25. The Morgan fingerprint density at radius 3 is 2.40 bits per heavy atom. The number of fused-ring (bicyclic) bond motifs is 1. The smallest absolute Gasteiger partial charge is 0.165 e. The predicted molar refractivity (Wildman–Crippen MR) is 82.8 cm³/mol. The van der Waals surface area contributed by atoms with E-state index < -0.39 is 0 Å². The number of carbonyl (C=O) groups excluding carboxylic acids is 1. The summed E-state index contributed by atoms with van der Waals surface area (Å²) in [4.78, 5) is 12.6. The maximum Gasteiger partial charge on any atom is 0.165 e. The summed E-state index contributed by atoms with van der Waals surface area (Å²) in [5, 5.41) is 2.34. The topological polar surface area (TPSA) is 43.1 Å². The van der Waals surface area contributed by atoms with Crippen LogP contribution in [-0.4, -0.2) is 12.3 Å². The molecule has 0 spiro atoms. The molecule has 0 amide bonds. The highest BCUT2D eigenvalue weighted by Gasteiger charge is 2.26. The molecule has 2 nitrogen and oxygen atoms in total. The lowest BCUT2D eigenvalue weighted by Gasteiger charge is -2.26. The molecular weight excluding hydrogens is 246 g/mol. The molecule has 2 heteroatoms. The van der Waals surface area contributed by atoms with Gasteiger partial charge in [0.25, 0.3) is 0 Å². The molecular formula is C18H21NO. The lowest BCUT2D eigenvalue weighted by atomic mass is 9.78. The summed E-state index contributed by atoms with van der Waals surface area (Å²) in [6.07, 6.45) is 4.18. The van der Waals surface area contributed by atoms with Gasteiger partial charge in [-0.3, -0.25) is 4.79 Å². The van der Waals surface area contributed by atoms with Crippen LogP contribution in [0.2, 0.25) is 0 Å². The Hall–Kier alpha value is -1.67. The highest BCUT2D eigenvalue weighted by Crippen LogP contribution is 2.31. The molecule has 1 aliphatic rings. The van der Waals surface area contributed by atoms with E-state index in [1.54, 1.807) is 0 Å². The Kier molecular flexibility index (Phi) is 3.83. The normalized spacial score (nSPS) is 22.9. The van der Waals surface area contributed by atoms with Crippen molar-refractivity contribution in [1.29, 1.82) is 0 Å². The van der Waals surface area contributed by atoms with Gasteiger partial charge < -0.3 is 5.73 Å². The molecule has 2 aromatic carbocycles. The summed E-state index contributed by atoms with van der Waals surface area (Å²) < 4.78 is 0. The van der Waals surface area contributed by atoms with Gasteiger partial charge in [0.05, 0.1) is 0 Å². The molecule has 0 unspecified atom stereocenters. The highest BCUT2D eigenvalue weighted by molar-refractivity contribution is 6.01. The van der Waals surface area contributed by atoms with Crippen molar-refractivity contribution in [3.8, 4) is 0 Å². The number of carbonyl (C=O) groups is 1. The summed E-state index contributed by atoms with van der Waals surface area (Å²) in [7, 11) is 0. The molecule has 104 valence electrons. The second-order valence-electron chi connectivity index (χ2n) is 5.88. The Balaban J connectivity index is 1.79. The average molecular weight is 267 g/mol. The Bertz CT molecular complexity index is 612. The molecule has 0 heterocycles. The van der Waals surface area contributed by atoms with Crippen LogP contribution in [0.15, 0.2) is 42.5 Å². The fourth-order valence-electron chi connectivity index (χ4n) is 3.24. The van der Waals surface area contributed by atoms with Crippen LogP contribution in [0.25, 0.3) is 10.8 Å². The van der Waals surface area contributed by atoms with Crippen LogP contribution in [0.5, 0.6) is 0 Å². The minimum absolute atomic E-state index is 0.193. The fraction of sp³-hybridized carbons (Fsp3) is 0.389. The van der Waals surface area contributed by atoms with Crippen LogP contribution in [0.4, 0.5) is 0 Å². The van der Waals surface area contributed by atoms with Gasteiger partial charge in [0.15, 0.2) is 5.78 Å². The third kappa shape index (κ3) is 2.61. The summed E-state index contributed by atoms with van der Waals surface area (Å²) in [5.74, 6) is 1.13. The SMILES string of the molecule is NCC1CCC(C(=O)c2ccc3ccccc3c2)CC1. The second kappa shape index (κ2) is 5.76. The number of hydrogen-bond donors (Lipinski definition) is 1. The van der Waals surface area contributed by atoms with Crippen LogP contribution < -0.4 is 5.73 Å². The van der Waals surface area contributed by atoms with Gasteiger partial charge in [-0.15, -0.1) is 0 Å². The molecule has 0 aliphatic heterocycles. The van der Waals surface area contributed by atoms with Crippen LogP contribution in [-0.2, 0) is 0 Å². The Morgan fingerprint density at radius 1 is 1.00 bits per heavy atom. The molecule has 0 bridgehead atoms. The summed E-state index contributed by atoms with van der Waals surface area (Å²) in [6.45, 7) is 0.761. The highest BCUT2D eigenvalue weighted by atomic mass is 16.1. The quantitative estimate of drug-likeness (QED) is 0.860. The average Bonchev–Trinajstić information content (AvgIpc) is 2.54. The molecule has 1 aliphatic carbocycles. The van der Waals surface area contributed by atoms with E-state index in [-0.39, 0.29) is 5.92 Å². The fourth-order valence-corrected chi connectivity index (χ4v) is 3.24. The lowest BCUT2D eigenvalue weighted by molar-refractivity contribution is 0.0873. The van der Waals surface area contributed by atoms with E-state index in [2.05, 4.69) is 12.1 Å². The van der Waals surface area contributed by atoms with Crippen molar-refractivity contribution < 1.29 is 4.79 Å². The standard InChI is InChI=1S/C18H21NO/c19-12-13-5-7-15(8-6-13)18(20)17-10-9-14-3-1-2-4-16(14)11-17/h1-4,9-11,13,15H,5-8,12,19H2. The van der Waals surface area contributed by atoms with Crippen molar-refractivity contribution in [2.24, 2.45) is 17.6 Å². The van der Waals surface area contributed by atoms with Crippen LogP contribution in [0.3, 0.4) is 0 Å². The molecule has 0 aromatic heterocycles. The van der Waals surface area contributed by atoms with E-state index in [0.29, 0.717) is 11.7 Å². The second-order valence-corrected chi connectivity index (χ2v) is 5.88. The van der Waals surface area contributed by atoms with Gasteiger partial charge in [-0.1, -0.05) is 36.4 Å². The first-order chi connectivity index (χ1) is 9.78. The van der Waals surface area contributed by atoms with E-state index in [0.717, 1.165) is 43.2 Å². The maximum atomic E-state index is 12.6. The number of nitrogens with two attached hydrogens (primary N) is 1. The van der Waals surface area contributed by atoms with Crippen LogP contribution in [0, 0.1) is 11.8 Å². The number of hydrogen-bond acceptors (Lipinski definition) is 2. The minimum Gasteiger partial charge on any atom is -0.330 e. The van der Waals surface area contributed by atoms with Gasteiger partial charge in [-0.25, -0.2) is 0 Å². The number of Topliss-reactive ketones (excluding diaryl/α,β-unsaturated/α-hetero) is 1. The Morgan fingerprint density at radius 2 is 1.70 bits per heavy atom. The van der Waals surface area contributed by atoms with Gasteiger partial charge in [0, 0.05) is 11.5 Å². The zero-order valence-electron chi connectivity index (χ0n) is 11.7. The van der Waals surface area contributed by atoms with Crippen molar-refractivity contribution >= 4 is 16.6 Å². The monoisotopic (exact) mass is 267 g/mol.